The van der Waals surface area contributed by atoms with Crippen LogP contribution in [-0.4, -0.2) is 30.8 Å². The predicted molar refractivity (Wildman–Crippen MR) is 91.3 cm³/mol. The van der Waals surface area contributed by atoms with Crippen molar-refractivity contribution in [1.29, 1.82) is 0 Å². The minimum Gasteiger partial charge on any atom is -0.478 e. The number of rotatable bonds is 9. The molecule has 0 amide bonds. The first-order valence-corrected chi connectivity index (χ1v) is 8.49. The fourth-order valence-corrected chi connectivity index (χ4v) is 2.69. The van der Waals surface area contributed by atoms with Gasteiger partial charge in [-0.1, -0.05) is 32.1 Å². The van der Waals surface area contributed by atoms with Gasteiger partial charge in [-0.15, -0.1) is 0 Å². The topological polar surface area (TPSA) is 38.8 Å². The van der Waals surface area contributed by atoms with Crippen molar-refractivity contribution in [1.82, 2.24) is 4.90 Å². The number of ether oxygens (including phenoxy) is 2. The normalized spacial score (nSPS) is 14.0. The van der Waals surface area contributed by atoms with E-state index in [0.29, 0.717) is 13.3 Å². The number of nitrogens with zero attached hydrogens (tertiary/aromatic N) is 1. The molecule has 1 aromatic carbocycles. The summed E-state index contributed by atoms with van der Waals surface area (Å²) in [6.07, 6.45) is 6.63. The lowest BCUT2D eigenvalue weighted by molar-refractivity contribution is -0.137. The fourth-order valence-electron chi connectivity index (χ4n) is 2.69. The van der Waals surface area contributed by atoms with E-state index in [-0.39, 0.29) is 5.97 Å². The number of carbonyl (C=O) groups excluding carboxylic acids is 1. The maximum Gasteiger partial charge on any atom is 0.330 e. The first-order valence-electron chi connectivity index (χ1n) is 8.49. The lowest BCUT2D eigenvalue weighted by atomic mass is 10.0. The highest BCUT2D eigenvalue weighted by Gasteiger charge is 2.17. The smallest absolute Gasteiger partial charge is 0.330 e. The summed E-state index contributed by atoms with van der Waals surface area (Å²) in [5.41, 5.74) is 2.68. The van der Waals surface area contributed by atoms with Gasteiger partial charge < -0.3 is 9.47 Å². The van der Waals surface area contributed by atoms with Crippen molar-refractivity contribution in [2.24, 2.45) is 0 Å². The van der Waals surface area contributed by atoms with Gasteiger partial charge in [-0.3, -0.25) is 4.90 Å². The molecule has 0 spiro atoms. The maximum absolute atomic E-state index is 11.0. The molecule has 1 aromatic rings. The molecular formula is C19H27NO3. The Hall–Kier alpha value is -1.81. The van der Waals surface area contributed by atoms with E-state index in [1.807, 2.05) is 0 Å². The van der Waals surface area contributed by atoms with Crippen molar-refractivity contribution >= 4 is 5.97 Å². The molecule has 4 nitrogen and oxygen atoms in total. The van der Waals surface area contributed by atoms with Crippen molar-refractivity contribution < 1.29 is 14.3 Å². The van der Waals surface area contributed by atoms with Crippen LogP contribution < -0.4 is 4.74 Å². The first-order chi connectivity index (χ1) is 11.2. The zero-order chi connectivity index (χ0) is 16.5. The van der Waals surface area contributed by atoms with Gasteiger partial charge in [-0.2, -0.15) is 0 Å². The lowest BCUT2D eigenvalue weighted by Crippen LogP contribution is -2.33. The summed E-state index contributed by atoms with van der Waals surface area (Å²) in [5.74, 6) is 0.668. The van der Waals surface area contributed by atoms with Gasteiger partial charge in [0.2, 0.25) is 0 Å². The Labute approximate surface area is 139 Å². The van der Waals surface area contributed by atoms with Crippen LogP contribution in [0.5, 0.6) is 5.75 Å². The van der Waals surface area contributed by atoms with Gasteiger partial charge in [-0.05, 0) is 37.3 Å². The summed E-state index contributed by atoms with van der Waals surface area (Å²) < 4.78 is 10.8. The third kappa shape index (κ3) is 5.71. The van der Waals surface area contributed by atoms with Crippen molar-refractivity contribution in [2.75, 3.05) is 19.9 Å². The van der Waals surface area contributed by atoms with E-state index >= 15 is 0 Å². The average molecular weight is 317 g/mol. The van der Waals surface area contributed by atoms with Gasteiger partial charge in [-0.25, -0.2) is 4.79 Å². The number of hydrogen-bond donors (Lipinski definition) is 0. The van der Waals surface area contributed by atoms with E-state index in [9.17, 15) is 4.79 Å². The molecule has 23 heavy (non-hydrogen) atoms. The van der Waals surface area contributed by atoms with Gasteiger partial charge in [0, 0.05) is 24.7 Å². The Balaban J connectivity index is 1.75. The molecule has 4 heteroatoms. The number of benzene rings is 1. The number of esters is 1. The van der Waals surface area contributed by atoms with E-state index in [2.05, 4.69) is 36.6 Å². The monoisotopic (exact) mass is 317 g/mol. The molecule has 0 fully saturated rings. The Morgan fingerprint density at radius 3 is 3.04 bits per heavy atom. The molecule has 0 unspecified atom stereocenters. The van der Waals surface area contributed by atoms with Crippen LogP contribution >= 0.6 is 0 Å². The van der Waals surface area contributed by atoms with Crippen LogP contribution in [0.15, 0.2) is 30.9 Å². The summed E-state index contributed by atoms with van der Waals surface area (Å²) in [5, 5.41) is 0. The second-order valence-corrected chi connectivity index (χ2v) is 5.95. The third-order valence-electron chi connectivity index (χ3n) is 4.02. The van der Waals surface area contributed by atoms with Gasteiger partial charge in [0.25, 0.3) is 0 Å². The first kappa shape index (κ1) is 17.5. The zero-order valence-electron chi connectivity index (χ0n) is 14.1. The molecule has 0 N–H and O–H groups in total. The molecule has 2 rings (SSSR count). The molecule has 1 heterocycles. The highest BCUT2D eigenvalue weighted by atomic mass is 16.5. The SMILES string of the molecule is C=CC(=O)OCCCCN1COc2ccc(CCCC)cc2C1. The largest absolute Gasteiger partial charge is 0.478 e. The Bertz CT molecular complexity index is 527. The lowest BCUT2D eigenvalue weighted by Gasteiger charge is -2.29. The molecule has 0 saturated heterocycles. The summed E-state index contributed by atoms with van der Waals surface area (Å²) in [6.45, 7) is 8.57. The fraction of sp³-hybridized carbons (Fsp3) is 0.526. The number of fused-ring (bicyclic) bond motifs is 1. The van der Waals surface area contributed by atoms with Gasteiger partial charge >= 0.3 is 5.97 Å². The van der Waals surface area contributed by atoms with Crippen LogP contribution in [0.25, 0.3) is 0 Å². The molecule has 0 atom stereocenters. The van der Waals surface area contributed by atoms with Gasteiger partial charge in [0.05, 0.1) is 6.61 Å². The molecule has 1 aliphatic rings. The van der Waals surface area contributed by atoms with Crippen molar-refractivity contribution in [3.8, 4) is 5.75 Å². The van der Waals surface area contributed by atoms with Gasteiger partial charge in [0.15, 0.2) is 0 Å². The minimum atomic E-state index is -0.347. The van der Waals surface area contributed by atoms with E-state index in [1.165, 1.54) is 30.0 Å². The zero-order valence-corrected chi connectivity index (χ0v) is 14.1. The van der Waals surface area contributed by atoms with Crippen LogP contribution in [0.1, 0.15) is 43.7 Å². The molecule has 0 aromatic heterocycles. The summed E-state index contributed by atoms with van der Waals surface area (Å²) in [6, 6.07) is 6.56. The molecule has 1 aliphatic heterocycles. The Morgan fingerprint density at radius 1 is 1.39 bits per heavy atom. The highest BCUT2D eigenvalue weighted by molar-refractivity contribution is 5.81. The molecule has 0 aliphatic carbocycles. The average Bonchev–Trinajstić information content (AvgIpc) is 2.59. The van der Waals surface area contributed by atoms with E-state index in [1.54, 1.807) is 0 Å². The van der Waals surface area contributed by atoms with E-state index < -0.39 is 0 Å². The third-order valence-corrected chi connectivity index (χ3v) is 4.02. The standard InChI is InChI=1S/C19H27NO3/c1-3-5-8-16-9-10-18-17(13-16)14-20(15-23-18)11-6-7-12-22-19(21)4-2/h4,9-10,13H,2-3,5-8,11-12,14-15H2,1H3. The van der Waals surface area contributed by atoms with E-state index in [0.717, 1.165) is 38.1 Å². The van der Waals surface area contributed by atoms with Gasteiger partial charge in [0.1, 0.15) is 12.5 Å². The molecular weight excluding hydrogens is 290 g/mol. The molecule has 0 radical (unpaired) electrons. The number of aryl methyl sites for hydroxylation is 1. The van der Waals surface area contributed by atoms with Crippen LogP contribution in [0.4, 0.5) is 0 Å². The Morgan fingerprint density at radius 2 is 2.26 bits per heavy atom. The Kier molecular flexibility index (Phi) is 7.14. The summed E-state index contributed by atoms with van der Waals surface area (Å²) in [4.78, 5) is 13.2. The van der Waals surface area contributed by atoms with Crippen LogP contribution in [0.3, 0.4) is 0 Å². The van der Waals surface area contributed by atoms with Crippen LogP contribution in [0.2, 0.25) is 0 Å². The van der Waals surface area contributed by atoms with Crippen molar-refractivity contribution in [3.63, 3.8) is 0 Å². The van der Waals surface area contributed by atoms with Crippen molar-refractivity contribution in [3.05, 3.63) is 42.0 Å². The van der Waals surface area contributed by atoms with Crippen molar-refractivity contribution in [2.45, 2.75) is 45.6 Å². The maximum atomic E-state index is 11.0. The number of unbranched alkanes of at least 4 members (excludes halogenated alkanes) is 2. The molecule has 0 saturated carbocycles. The minimum absolute atomic E-state index is 0.347. The highest BCUT2D eigenvalue weighted by Crippen LogP contribution is 2.26. The number of hydrogen-bond acceptors (Lipinski definition) is 4. The number of carbonyl (C=O) groups is 1. The predicted octanol–water partition coefficient (Wildman–Crippen LogP) is 3.69. The molecule has 0 bridgehead atoms. The molecule has 126 valence electrons. The van der Waals surface area contributed by atoms with Crippen LogP contribution in [0, 0.1) is 0 Å². The summed E-state index contributed by atoms with van der Waals surface area (Å²) in [7, 11) is 0. The van der Waals surface area contributed by atoms with Crippen LogP contribution in [-0.2, 0) is 22.5 Å². The second-order valence-electron chi connectivity index (χ2n) is 5.95. The summed E-state index contributed by atoms with van der Waals surface area (Å²) >= 11 is 0. The second kappa shape index (κ2) is 9.36. The quantitative estimate of drug-likeness (QED) is 0.395. The van der Waals surface area contributed by atoms with E-state index in [4.69, 9.17) is 9.47 Å².